The zero-order chi connectivity index (χ0) is 12.6. The fraction of sp³-hybridized carbons (Fsp3) is 0.455. The third kappa shape index (κ3) is 2.90. The molecule has 0 amide bonds. The number of alkyl halides is 1. The van der Waals surface area contributed by atoms with Gasteiger partial charge in [0.1, 0.15) is 0 Å². The Morgan fingerprint density at radius 3 is 2.59 bits per heavy atom. The molecule has 1 aliphatic rings. The average Bonchev–Trinajstić information content (AvgIpc) is 2.62. The Balaban J connectivity index is 2.26. The molecule has 1 heterocycles. The molecule has 0 aliphatic carbocycles. The Morgan fingerprint density at radius 2 is 2.00 bits per heavy atom. The van der Waals surface area contributed by atoms with E-state index in [0.29, 0.717) is 22.0 Å². The van der Waals surface area contributed by atoms with Crippen molar-refractivity contribution in [3.05, 3.63) is 33.8 Å². The highest BCUT2D eigenvalue weighted by atomic mass is 35.5. The monoisotopic (exact) mass is 312 g/mol. The van der Waals surface area contributed by atoms with Gasteiger partial charge in [0.2, 0.25) is 0 Å². The third-order valence-corrected chi connectivity index (χ3v) is 6.18. The number of sulfone groups is 1. The van der Waals surface area contributed by atoms with E-state index in [1.54, 1.807) is 18.2 Å². The first kappa shape index (κ1) is 13.5. The molecule has 94 valence electrons. The minimum Gasteiger partial charge on any atom is -0.229 e. The van der Waals surface area contributed by atoms with Crippen LogP contribution in [-0.4, -0.2) is 19.9 Å². The zero-order valence-electron chi connectivity index (χ0n) is 8.87. The summed E-state index contributed by atoms with van der Waals surface area (Å²) in [6, 6.07) is 5.24. The van der Waals surface area contributed by atoms with Crippen LogP contribution in [0, 0.1) is 5.92 Å². The Bertz CT molecular complexity index is 528. The highest BCUT2D eigenvalue weighted by Crippen LogP contribution is 2.41. The van der Waals surface area contributed by atoms with E-state index in [9.17, 15) is 8.42 Å². The lowest BCUT2D eigenvalue weighted by molar-refractivity contribution is 0.569. The van der Waals surface area contributed by atoms with Crippen molar-refractivity contribution in [2.24, 2.45) is 5.92 Å². The molecule has 1 aliphatic heterocycles. The van der Waals surface area contributed by atoms with Crippen molar-refractivity contribution in [1.29, 1.82) is 0 Å². The summed E-state index contributed by atoms with van der Waals surface area (Å²) >= 11 is 18.3. The van der Waals surface area contributed by atoms with Gasteiger partial charge in [-0.3, -0.25) is 0 Å². The van der Waals surface area contributed by atoms with E-state index in [1.807, 2.05) is 0 Å². The van der Waals surface area contributed by atoms with Gasteiger partial charge in [0.25, 0.3) is 0 Å². The van der Waals surface area contributed by atoms with Gasteiger partial charge in [-0.1, -0.05) is 35.3 Å². The van der Waals surface area contributed by atoms with Crippen LogP contribution in [0.1, 0.15) is 17.4 Å². The van der Waals surface area contributed by atoms with Crippen LogP contribution >= 0.6 is 34.8 Å². The zero-order valence-corrected chi connectivity index (χ0v) is 12.0. The van der Waals surface area contributed by atoms with Gasteiger partial charge in [0.15, 0.2) is 9.84 Å². The van der Waals surface area contributed by atoms with E-state index in [0.717, 1.165) is 0 Å². The van der Waals surface area contributed by atoms with Crippen LogP contribution in [0.25, 0.3) is 0 Å². The lowest BCUT2D eigenvalue weighted by Gasteiger charge is -2.17. The Kier molecular flexibility index (Phi) is 3.93. The number of hydrogen-bond acceptors (Lipinski definition) is 2. The molecular weight excluding hydrogens is 303 g/mol. The smallest absolute Gasteiger partial charge is 0.150 e. The van der Waals surface area contributed by atoms with E-state index >= 15 is 0 Å². The molecule has 2 nitrogen and oxygen atoms in total. The van der Waals surface area contributed by atoms with Crippen molar-refractivity contribution in [2.75, 3.05) is 11.5 Å². The summed E-state index contributed by atoms with van der Waals surface area (Å²) in [7, 11) is -2.93. The lowest BCUT2D eigenvalue weighted by atomic mass is 9.98. The van der Waals surface area contributed by atoms with Gasteiger partial charge in [0, 0.05) is 0 Å². The van der Waals surface area contributed by atoms with Crippen molar-refractivity contribution in [3.8, 4) is 0 Å². The molecule has 1 saturated heterocycles. The van der Waals surface area contributed by atoms with Gasteiger partial charge in [-0.05, 0) is 24.0 Å². The van der Waals surface area contributed by atoms with Crippen molar-refractivity contribution >= 4 is 44.6 Å². The van der Waals surface area contributed by atoms with Gasteiger partial charge in [-0.2, -0.15) is 0 Å². The molecule has 6 heteroatoms. The molecular formula is C11H11Cl3O2S. The van der Waals surface area contributed by atoms with Crippen molar-refractivity contribution in [2.45, 2.75) is 11.8 Å². The second kappa shape index (κ2) is 4.96. The normalized spacial score (nSPS) is 24.8. The van der Waals surface area contributed by atoms with E-state index in [1.165, 1.54) is 0 Å². The van der Waals surface area contributed by atoms with Gasteiger partial charge < -0.3 is 0 Å². The molecule has 0 bridgehead atoms. The Morgan fingerprint density at radius 1 is 1.29 bits per heavy atom. The molecule has 2 atom stereocenters. The predicted molar refractivity (Wildman–Crippen MR) is 71.8 cm³/mol. The van der Waals surface area contributed by atoms with Crippen LogP contribution in [0.3, 0.4) is 0 Å². The van der Waals surface area contributed by atoms with Gasteiger partial charge in [-0.15, -0.1) is 11.6 Å². The standard InChI is InChI=1S/C11H11Cl3O2S/c12-9-3-1-2-8(11(9)14)10(13)7-4-5-17(15,16)6-7/h1-3,7,10H,4-6H2. The summed E-state index contributed by atoms with van der Waals surface area (Å²) in [6.07, 6.45) is 0.583. The highest BCUT2D eigenvalue weighted by Gasteiger charge is 2.34. The lowest BCUT2D eigenvalue weighted by Crippen LogP contribution is -2.10. The van der Waals surface area contributed by atoms with Crippen LogP contribution in [0.5, 0.6) is 0 Å². The molecule has 1 fully saturated rings. The molecule has 0 spiro atoms. The van der Waals surface area contributed by atoms with Crippen LogP contribution in [0.2, 0.25) is 10.0 Å². The molecule has 0 N–H and O–H groups in total. The molecule has 2 unspecified atom stereocenters. The van der Waals surface area contributed by atoms with Crippen LogP contribution in [-0.2, 0) is 9.84 Å². The molecule has 1 aromatic carbocycles. The maximum atomic E-state index is 11.4. The molecule has 0 aromatic heterocycles. The summed E-state index contributed by atoms with van der Waals surface area (Å²) in [6.45, 7) is 0. The topological polar surface area (TPSA) is 34.1 Å². The van der Waals surface area contributed by atoms with Gasteiger partial charge >= 0.3 is 0 Å². The molecule has 1 aromatic rings. The number of benzene rings is 1. The van der Waals surface area contributed by atoms with E-state index in [2.05, 4.69) is 0 Å². The minimum absolute atomic E-state index is 0.0855. The second-order valence-corrected chi connectivity index (χ2v) is 7.69. The largest absolute Gasteiger partial charge is 0.229 e. The number of hydrogen-bond donors (Lipinski definition) is 0. The van der Waals surface area contributed by atoms with E-state index < -0.39 is 15.2 Å². The maximum absolute atomic E-state index is 11.4. The number of halogens is 3. The van der Waals surface area contributed by atoms with Crippen molar-refractivity contribution in [1.82, 2.24) is 0 Å². The summed E-state index contributed by atoms with van der Waals surface area (Å²) < 4.78 is 22.8. The maximum Gasteiger partial charge on any atom is 0.150 e. The minimum atomic E-state index is -2.93. The van der Waals surface area contributed by atoms with Gasteiger partial charge in [0.05, 0.1) is 26.9 Å². The van der Waals surface area contributed by atoms with E-state index in [4.69, 9.17) is 34.8 Å². The van der Waals surface area contributed by atoms with Crippen molar-refractivity contribution in [3.63, 3.8) is 0 Å². The fourth-order valence-corrected chi connectivity index (χ4v) is 4.87. The summed E-state index contributed by atoms with van der Waals surface area (Å²) in [4.78, 5) is 0. The molecule has 17 heavy (non-hydrogen) atoms. The van der Waals surface area contributed by atoms with Gasteiger partial charge in [-0.25, -0.2) is 8.42 Å². The number of rotatable bonds is 2. The molecule has 2 rings (SSSR count). The first-order valence-electron chi connectivity index (χ1n) is 5.19. The summed E-state index contributed by atoms with van der Waals surface area (Å²) in [5.74, 6) is 0.251. The Labute approximate surface area is 116 Å². The van der Waals surface area contributed by atoms with Crippen molar-refractivity contribution < 1.29 is 8.42 Å². The van der Waals surface area contributed by atoms with Crippen LogP contribution in [0.4, 0.5) is 0 Å². The SMILES string of the molecule is O=S1(=O)CCC(C(Cl)c2cccc(Cl)c2Cl)C1. The van der Waals surface area contributed by atoms with E-state index in [-0.39, 0.29) is 17.4 Å². The highest BCUT2D eigenvalue weighted by molar-refractivity contribution is 7.91. The Hall–Kier alpha value is 0.0400. The second-order valence-electron chi connectivity index (χ2n) is 4.21. The quantitative estimate of drug-likeness (QED) is 0.780. The predicted octanol–water partition coefficient (Wildman–Crippen LogP) is 3.71. The fourth-order valence-electron chi connectivity index (χ4n) is 2.04. The van der Waals surface area contributed by atoms with Crippen LogP contribution < -0.4 is 0 Å². The summed E-state index contributed by atoms with van der Waals surface area (Å²) in [5.41, 5.74) is 0.711. The summed E-state index contributed by atoms with van der Waals surface area (Å²) in [5, 5.41) is 0.451. The molecule has 0 saturated carbocycles. The first-order valence-corrected chi connectivity index (χ1v) is 8.20. The van der Waals surface area contributed by atoms with Crippen LogP contribution in [0.15, 0.2) is 18.2 Å². The first-order chi connectivity index (χ1) is 7.91. The third-order valence-electron chi connectivity index (χ3n) is 2.96. The average molecular weight is 314 g/mol. The molecule has 0 radical (unpaired) electrons.